The number of hydrogen-bond donors (Lipinski definition) is 2. The van der Waals surface area contributed by atoms with Gasteiger partial charge in [0.1, 0.15) is 0 Å². The van der Waals surface area contributed by atoms with Crippen molar-refractivity contribution in [2.24, 2.45) is 23.7 Å². The van der Waals surface area contributed by atoms with E-state index in [0.29, 0.717) is 23.9 Å². The normalized spacial score (nSPS) is 37.9. The molecule has 2 aliphatic carbocycles. The first-order valence-electron chi connectivity index (χ1n) is 9.39. The fourth-order valence-corrected chi connectivity index (χ4v) is 4.87. The molecule has 23 heavy (non-hydrogen) atoms. The molecule has 4 nitrogen and oxygen atoms in total. The molecule has 0 aromatic carbocycles. The summed E-state index contributed by atoms with van der Waals surface area (Å²) < 4.78 is 0. The third kappa shape index (κ3) is 5.50. The first kappa shape index (κ1) is 18.3. The molecule has 6 atom stereocenters. The summed E-state index contributed by atoms with van der Waals surface area (Å²) in [6.45, 7) is 7.80. The van der Waals surface area contributed by atoms with E-state index < -0.39 is 0 Å². The SMILES string of the molecule is CC(=O)N[C@H]1CC[C@@H](C[C@H]2CC[C@@H](NC(C)=O)[C@H](C)C2)C[C@@H]1C. The second kappa shape index (κ2) is 8.16. The quantitative estimate of drug-likeness (QED) is 0.834. The molecule has 0 aromatic heterocycles. The van der Waals surface area contributed by atoms with Gasteiger partial charge in [0.2, 0.25) is 11.8 Å². The zero-order valence-electron chi connectivity index (χ0n) is 15.2. The number of carbonyl (C=O) groups excluding carboxylic acids is 2. The Morgan fingerprint density at radius 3 is 1.48 bits per heavy atom. The Bertz CT molecular complexity index is 386. The van der Waals surface area contributed by atoms with Crippen LogP contribution in [0.15, 0.2) is 0 Å². The van der Waals surface area contributed by atoms with Gasteiger partial charge in [-0.3, -0.25) is 9.59 Å². The van der Waals surface area contributed by atoms with E-state index >= 15 is 0 Å². The Balaban J connectivity index is 1.76. The molecule has 0 aliphatic heterocycles. The summed E-state index contributed by atoms with van der Waals surface area (Å²) in [6.07, 6.45) is 8.55. The summed E-state index contributed by atoms with van der Waals surface area (Å²) in [5.41, 5.74) is 0. The molecule has 2 aliphatic rings. The number of carbonyl (C=O) groups is 2. The van der Waals surface area contributed by atoms with Gasteiger partial charge in [-0.1, -0.05) is 13.8 Å². The second-order valence-corrected chi connectivity index (χ2v) is 8.16. The van der Waals surface area contributed by atoms with Crippen molar-refractivity contribution in [3.8, 4) is 0 Å². The fraction of sp³-hybridized carbons (Fsp3) is 0.895. The highest BCUT2D eigenvalue weighted by Gasteiger charge is 2.33. The molecule has 2 amide bonds. The summed E-state index contributed by atoms with van der Waals surface area (Å²) in [7, 11) is 0. The minimum absolute atomic E-state index is 0.102. The van der Waals surface area contributed by atoms with Crippen LogP contribution < -0.4 is 10.6 Å². The van der Waals surface area contributed by atoms with Crippen molar-refractivity contribution in [2.45, 2.75) is 84.7 Å². The average molecular weight is 322 g/mol. The summed E-state index contributed by atoms with van der Waals surface area (Å²) in [4.78, 5) is 22.5. The minimum Gasteiger partial charge on any atom is -0.353 e. The molecule has 2 fully saturated rings. The first-order chi connectivity index (χ1) is 10.8. The standard InChI is InChI=1S/C19H34N2O2/c1-12-9-16(5-7-18(12)20-14(3)22)11-17-6-8-19(13(2)10-17)21-15(4)23/h12-13,16-19H,5-11H2,1-4H3,(H,20,22)(H,21,23)/t12-,13+,16+,17-,18-,19+. The van der Waals surface area contributed by atoms with Gasteiger partial charge < -0.3 is 10.6 Å². The predicted octanol–water partition coefficient (Wildman–Crippen LogP) is 3.26. The highest BCUT2D eigenvalue weighted by atomic mass is 16.2. The Morgan fingerprint density at radius 1 is 0.783 bits per heavy atom. The van der Waals surface area contributed by atoms with Crippen molar-refractivity contribution in [1.82, 2.24) is 10.6 Å². The van der Waals surface area contributed by atoms with Gasteiger partial charge in [-0.25, -0.2) is 0 Å². The van der Waals surface area contributed by atoms with Crippen LogP contribution >= 0.6 is 0 Å². The van der Waals surface area contributed by atoms with Crippen LogP contribution in [0.5, 0.6) is 0 Å². The Labute approximate surface area is 141 Å². The molecule has 132 valence electrons. The van der Waals surface area contributed by atoms with E-state index in [2.05, 4.69) is 24.5 Å². The van der Waals surface area contributed by atoms with E-state index in [-0.39, 0.29) is 11.8 Å². The third-order valence-corrected chi connectivity index (χ3v) is 6.00. The number of hydrogen-bond acceptors (Lipinski definition) is 2. The van der Waals surface area contributed by atoms with Crippen LogP contribution in [0.25, 0.3) is 0 Å². The molecule has 0 aromatic rings. The average Bonchev–Trinajstić information content (AvgIpc) is 2.44. The zero-order valence-corrected chi connectivity index (χ0v) is 15.2. The molecule has 0 heterocycles. The maximum atomic E-state index is 11.3. The van der Waals surface area contributed by atoms with Gasteiger partial charge in [-0.2, -0.15) is 0 Å². The lowest BCUT2D eigenvalue weighted by Gasteiger charge is -2.39. The number of rotatable bonds is 4. The van der Waals surface area contributed by atoms with Gasteiger partial charge in [0.25, 0.3) is 0 Å². The molecule has 4 heteroatoms. The predicted molar refractivity (Wildman–Crippen MR) is 92.8 cm³/mol. The van der Waals surface area contributed by atoms with Crippen LogP contribution in [-0.2, 0) is 9.59 Å². The van der Waals surface area contributed by atoms with Gasteiger partial charge in [0.05, 0.1) is 0 Å². The molecule has 0 radical (unpaired) electrons. The van der Waals surface area contributed by atoms with Crippen molar-refractivity contribution >= 4 is 11.8 Å². The first-order valence-corrected chi connectivity index (χ1v) is 9.39. The summed E-state index contributed by atoms with van der Waals surface area (Å²) >= 11 is 0. The van der Waals surface area contributed by atoms with E-state index in [4.69, 9.17) is 0 Å². The van der Waals surface area contributed by atoms with E-state index in [1.165, 1.54) is 32.1 Å². The Hall–Kier alpha value is -1.06. The smallest absolute Gasteiger partial charge is 0.217 e. The molecule has 2 saturated carbocycles. The van der Waals surface area contributed by atoms with Crippen LogP contribution in [0.2, 0.25) is 0 Å². The van der Waals surface area contributed by atoms with Crippen molar-refractivity contribution in [2.75, 3.05) is 0 Å². The van der Waals surface area contributed by atoms with Gasteiger partial charge in [-0.05, 0) is 68.6 Å². The van der Waals surface area contributed by atoms with E-state index in [1.54, 1.807) is 13.8 Å². The topological polar surface area (TPSA) is 58.2 Å². The van der Waals surface area contributed by atoms with Crippen LogP contribution in [0.1, 0.15) is 72.6 Å². The summed E-state index contributed by atoms with van der Waals surface area (Å²) in [5, 5.41) is 6.22. The highest BCUT2D eigenvalue weighted by molar-refractivity contribution is 5.73. The molecule has 0 bridgehead atoms. The van der Waals surface area contributed by atoms with E-state index in [9.17, 15) is 9.59 Å². The van der Waals surface area contributed by atoms with E-state index in [1.807, 2.05) is 0 Å². The Kier molecular flexibility index (Phi) is 6.49. The molecule has 0 spiro atoms. The Morgan fingerprint density at radius 2 is 1.17 bits per heavy atom. The highest BCUT2D eigenvalue weighted by Crippen LogP contribution is 2.38. The van der Waals surface area contributed by atoms with Gasteiger partial charge >= 0.3 is 0 Å². The molecule has 2 N–H and O–H groups in total. The van der Waals surface area contributed by atoms with Crippen molar-refractivity contribution in [3.63, 3.8) is 0 Å². The summed E-state index contributed by atoms with van der Waals surface area (Å²) in [6, 6.07) is 0.747. The number of nitrogens with one attached hydrogen (secondary N) is 2. The van der Waals surface area contributed by atoms with Crippen molar-refractivity contribution in [1.29, 1.82) is 0 Å². The van der Waals surface area contributed by atoms with Crippen LogP contribution in [0.3, 0.4) is 0 Å². The fourth-order valence-electron chi connectivity index (χ4n) is 4.87. The lowest BCUT2D eigenvalue weighted by atomic mass is 9.70. The maximum absolute atomic E-state index is 11.3. The van der Waals surface area contributed by atoms with Gasteiger partial charge in [-0.15, -0.1) is 0 Å². The van der Waals surface area contributed by atoms with Crippen LogP contribution in [-0.4, -0.2) is 23.9 Å². The van der Waals surface area contributed by atoms with Gasteiger partial charge in [0.15, 0.2) is 0 Å². The summed E-state index contributed by atoms with van der Waals surface area (Å²) in [5.74, 6) is 3.00. The molecule has 0 unspecified atom stereocenters. The minimum atomic E-state index is 0.102. The molecular formula is C19H34N2O2. The van der Waals surface area contributed by atoms with Gasteiger partial charge in [0, 0.05) is 25.9 Å². The van der Waals surface area contributed by atoms with Crippen molar-refractivity contribution in [3.05, 3.63) is 0 Å². The monoisotopic (exact) mass is 322 g/mol. The van der Waals surface area contributed by atoms with Crippen LogP contribution in [0.4, 0.5) is 0 Å². The lowest BCUT2D eigenvalue weighted by Crippen LogP contribution is -2.43. The van der Waals surface area contributed by atoms with Crippen molar-refractivity contribution < 1.29 is 9.59 Å². The second-order valence-electron chi connectivity index (χ2n) is 8.16. The molecule has 2 rings (SSSR count). The number of amides is 2. The lowest BCUT2D eigenvalue weighted by molar-refractivity contribution is -0.121. The molecular weight excluding hydrogens is 288 g/mol. The maximum Gasteiger partial charge on any atom is 0.217 e. The van der Waals surface area contributed by atoms with Crippen LogP contribution in [0, 0.1) is 23.7 Å². The largest absolute Gasteiger partial charge is 0.353 e. The van der Waals surface area contributed by atoms with E-state index in [0.717, 1.165) is 24.7 Å². The third-order valence-electron chi connectivity index (χ3n) is 6.00. The zero-order chi connectivity index (χ0) is 17.0. The molecule has 0 saturated heterocycles.